The van der Waals surface area contributed by atoms with E-state index in [4.69, 9.17) is 0 Å². The molecule has 21 heavy (non-hydrogen) atoms. The molecule has 0 spiro atoms. The third kappa shape index (κ3) is 5.35. The number of carbonyl (C=O) groups is 2. The lowest BCUT2D eigenvalue weighted by molar-refractivity contribution is -0.385. The molecular weight excluding hydrogens is 282 g/mol. The number of hydrogen-bond acceptors (Lipinski definition) is 6. The molecule has 0 radical (unpaired) electrons. The maximum absolute atomic E-state index is 11.5. The van der Waals surface area contributed by atoms with Crippen molar-refractivity contribution in [3.63, 3.8) is 0 Å². The van der Waals surface area contributed by atoms with Crippen molar-refractivity contribution < 1.29 is 24.4 Å². The zero-order chi connectivity index (χ0) is 15.8. The first-order valence-corrected chi connectivity index (χ1v) is 6.12. The van der Waals surface area contributed by atoms with Crippen LogP contribution in [0.2, 0.25) is 0 Å². The molecule has 0 saturated carbocycles. The van der Waals surface area contributed by atoms with Crippen LogP contribution < -0.4 is 10.6 Å². The Hall–Kier alpha value is -2.84. The lowest BCUT2D eigenvalue weighted by Gasteiger charge is -2.07. The second-order valence-corrected chi connectivity index (χ2v) is 3.90. The van der Waals surface area contributed by atoms with Crippen LogP contribution in [-0.4, -0.2) is 35.2 Å². The monoisotopic (exact) mass is 297 g/mol. The Labute approximate surface area is 120 Å². The summed E-state index contributed by atoms with van der Waals surface area (Å²) in [6.07, 6.45) is 0.0248. The predicted molar refractivity (Wildman–Crippen MR) is 73.0 cm³/mol. The van der Waals surface area contributed by atoms with Crippen molar-refractivity contribution in [2.24, 2.45) is 0 Å². The van der Waals surface area contributed by atoms with Crippen molar-refractivity contribution in [3.8, 4) is 5.75 Å². The van der Waals surface area contributed by atoms with Gasteiger partial charge in [0.15, 0.2) is 5.75 Å². The summed E-state index contributed by atoms with van der Waals surface area (Å²) in [5.74, 6) is -0.925. The molecule has 0 heterocycles. The fourth-order valence-electron chi connectivity index (χ4n) is 1.43. The average molecular weight is 297 g/mol. The standard InChI is InChI=1S/C12H15N3O6/c1-2-21-11(17)5-6-13-12(18)14-8-3-4-10(16)9(7-8)15(19)20/h3-4,7,16H,2,5-6H2,1H3,(H2,13,14,18). The number of phenolic OH excluding ortho intramolecular Hbond substituents is 1. The molecule has 0 bridgehead atoms. The van der Waals surface area contributed by atoms with Crippen molar-refractivity contribution in [1.29, 1.82) is 0 Å². The minimum absolute atomic E-state index is 0.0248. The fraction of sp³-hybridized carbons (Fsp3) is 0.333. The van der Waals surface area contributed by atoms with E-state index in [9.17, 15) is 24.8 Å². The first-order valence-electron chi connectivity index (χ1n) is 6.12. The number of benzene rings is 1. The molecule has 0 unspecified atom stereocenters. The molecule has 0 fully saturated rings. The first-order chi connectivity index (χ1) is 9.93. The van der Waals surface area contributed by atoms with Crippen LogP contribution in [0.3, 0.4) is 0 Å². The van der Waals surface area contributed by atoms with Gasteiger partial charge in [0, 0.05) is 18.3 Å². The minimum atomic E-state index is -0.765. The molecule has 1 aromatic carbocycles. The van der Waals surface area contributed by atoms with Gasteiger partial charge in [-0.3, -0.25) is 14.9 Å². The van der Waals surface area contributed by atoms with Gasteiger partial charge in [0.25, 0.3) is 0 Å². The Morgan fingerprint density at radius 3 is 2.76 bits per heavy atom. The van der Waals surface area contributed by atoms with Gasteiger partial charge in [-0.2, -0.15) is 0 Å². The summed E-state index contributed by atoms with van der Waals surface area (Å²) in [6, 6.07) is 2.82. The van der Waals surface area contributed by atoms with E-state index < -0.39 is 28.4 Å². The molecule has 0 saturated heterocycles. The van der Waals surface area contributed by atoms with Crippen molar-refractivity contribution in [1.82, 2.24) is 5.32 Å². The number of nitro benzene ring substituents is 1. The summed E-state index contributed by atoms with van der Waals surface area (Å²) in [5, 5.41) is 24.7. The van der Waals surface area contributed by atoms with Gasteiger partial charge in [0.05, 0.1) is 18.0 Å². The van der Waals surface area contributed by atoms with Crippen molar-refractivity contribution >= 4 is 23.4 Å². The number of hydrogen-bond donors (Lipinski definition) is 3. The minimum Gasteiger partial charge on any atom is -0.502 e. The van der Waals surface area contributed by atoms with Crippen LogP contribution in [0.4, 0.5) is 16.2 Å². The number of anilines is 1. The second-order valence-electron chi connectivity index (χ2n) is 3.90. The van der Waals surface area contributed by atoms with Crippen LogP contribution in [-0.2, 0) is 9.53 Å². The van der Waals surface area contributed by atoms with E-state index in [1.807, 2.05) is 0 Å². The normalized spacial score (nSPS) is 9.76. The van der Waals surface area contributed by atoms with E-state index in [2.05, 4.69) is 15.4 Å². The molecule has 3 N–H and O–H groups in total. The second kappa shape index (κ2) is 7.68. The third-order valence-corrected chi connectivity index (χ3v) is 2.35. The highest BCUT2D eigenvalue weighted by Gasteiger charge is 2.14. The van der Waals surface area contributed by atoms with Crippen molar-refractivity contribution in [2.45, 2.75) is 13.3 Å². The number of nitrogens with zero attached hydrogens (tertiary/aromatic N) is 1. The lowest BCUT2D eigenvalue weighted by atomic mass is 10.2. The number of amides is 2. The Morgan fingerprint density at radius 2 is 2.14 bits per heavy atom. The lowest BCUT2D eigenvalue weighted by Crippen LogP contribution is -2.30. The Bertz CT molecular complexity index is 546. The van der Waals surface area contributed by atoms with E-state index in [1.54, 1.807) is 6.92 Å². The average Bonchev–Trinajstić information content (AvgIpc) is 2.41. The SMILES string of the molecule is CCOC(=O)CCNC(=O)Nc1ccc(O)c([N+](=O)[O-])c1. The summed E-state index contributed by atoms with van der Waals surface area (Å²) < 4.78 is 4.68. The number of esters is 1. The Balaban J connectivity index is 2.50. The van der Waals surface area contributed by atoms with E-state index in [1.165, 1.54) is 6.07 Å². The van der Waals surface area contributed by atoms with Crippen LogP contribution in [0.25, 0.3) is 0 Å². The van der Waals surface area contributed by atoms with Gasteiger partial charge in [-0.05, 0) is 19.1 Å². The molecule has 114 valence electrons. The maximum Gasteiger partial charge on any atom is 0.319 e. The third-order valence-electron chi connectivity index (χ3n) is 2.35. The molecule has 9 heteroatoms. The molecule has 1 aromatic rings. The number of nitro groups is 1. The fourth-order valence-corrected chi connectivity index (χ4v) is 1.43. The molecule has 0 aliphatic carbocycles. The smallest absolute Gasteiger partial charge is 0.319 e. The van der Waals surface area contributed by atoms with Crippen molar-refractivity contribution in [2.75, 3.05) is 18.5 Å². The highest BCUT2D eigenvalue weighted by Crippen LogP contribution is 2.28. The van der Waals surface area contributed by atoms with Crippen LogP contribution in [0.1, 0.15) is 13.3 Å². The summed E-state index contributed by atoms with van der Waals surface area (Å²) >= 11 is 0. The van der Waals surface area contributed by atoms with E-state index in [0.29, 0.717) is 0 Å². The summed E-state index contributed by atoms with van der Waals surface area (Å²) in [6.45, 7) is 2.02. The van der Waals surface area contributed by atoms with E-state index in [0.717, 1.165) is 12.1 Å². The largest absolute Gasteiger partial charge is 0.502 e. The van der Waals surface area contributed by atoms with Crippen LogP contribution in [0.5, 0.6) is 5.75 Å². The van der Waals surface area contributed by atoms with Gasteiger partial charge in [-0.25, -0.2) is 4.79 Å². The number of carbonyl (C=O) groups excluding carboxylic acids is 2. The Morgan fingerprint density at radius 1 is 1.43 bits per heavy atom. The number of phenols is 1. The Kier molecular flexibility index (Phi) is 5.93. The van der Waals surface area contributed by atoms with Crippen LogP contribution in [0, 0.1) is 10.1 Å². The van der Waals surface area contributed by atoms with Crippen LogP contribution >= 0.6 is 0 Å². The summed E-state index contributed by atoms with van der Waals surface area (Å²) in [7, 11) is 0. The summed E-state index contributed by atoms with van der Waals surface area (Å²) in [4.78, 5) is 32.4. The van der Waals surface area contributed by atoms with E-state index >= 15 is 0 Å². The van der Waals surface area contributed by atoms with Gasteiger partial charge < -0.3 is 20.5 Å². The zero-order valence-corrected chi connectivity index (χ0v) is 11.3. The molecule has 0 aliphatic heterocycles. The highest BCUT2D eigenvalue weighted by atomic mass is 16.6. The van der Waals surface area contributed by atoms with Gasteiger partial charge >= 0.3 is 17.7 Å². The number of rotatable bonds is 6. The number of aromatic hydroxyl groups is 1. The van der Waals surface area contributed by atoms with Gasteiger partial charge in [-0.15, -0.1) is 0 Å². The highest BCUT2D eigenvalue weighted by molar-refractivity contribution is 5.90. The van der Waals surface area contributed by atoms with Gasteiger partial charge in [0.2, 0.25) is 0 Å². The quantitative estimate of drug-likeness (QED) is 0.314. The van der Waals surface area contributed by atoms with E-state index in [-0.39, 0.29) is 25.3 Å². The number of urea groups is 1. The van der Waals surface area contributed by atoms with Gasteiger partial charge in [-0.1, -0.05) is 0 Å². The van der Waals surface area contributed by atoms with Gasteiger partial charge in [0.1, 0.15) is 0 Å². The summed E-state index contributed by atoms with van der Waals surface area (Å²) in [5.41, 5.74) is -0.368. The molecule has 0 aromatic heterocycles. The molecule has 2 amide bonds. The molecule has 0 aliphatic rings. The maximum atomic E-state index is 11.5. The molecule has 0 atom stereocenters. The van der Waals surface area contributed by atoms with Crippen molar-refractivity contribution in [3.05, 3.63) is 28.3 Å². The molecule has 1 rings (SSSR count). The number of ether oxygens (including phenoxy) is 1. The molecular formula is C12H15N3O6. The number of nitrogens with one attached hydrogen (secondary N) is 2. The predicted octanol–water partition coefficient (Wildman–Crippen LogP) is 1.38. The first kappa shape index (κ1) is 16.2. The van der Waals surface area contributed by atoms with Crippen LogP contribution in [0.15, 0.2) is 18.2 Å². The topological polar surface area (TPSA) is 131 Å². The zero-order valence-electron chi connectivity index (χ0n) is 11.3. The molecule has 9 nitrogen and oxygen atoms in total.